The van der Waals surface area contributed by atoms with Gasteiger partial charge in [-0.15, -0.1) is 21.6 Å². The lowest BCUT2D eigenvalue weighted by Gasteiger charge is -2.36. The van der Waals surface area contributed by atoms with Crippen LogP contribution in [0.25, 0.3) is 0 Å². The summed E-state index contributed by atoms with van der Waals surface area (Å²) in [5.41, 5.74) is 0. The molecule has 0 aromatic carbocycles. The Balaban J connectivity index is 0. The molecule has 0 rings (SSSR count). The maximum Gasteiger partial charge on any atom is -0.0127 e. The molecule has 2 atom stereocenters. The molecule has 0 heterocycles. The second-order valence-corrected chi connectivity index (χ2v) is 7.11. The van der Waals surface area contributed by atoms with Gasteiger partial charge in [0.2, 0.25) is 0 Å². The fourth-order valence-corrected chi connectivity index (χ4v) is 3.48. The first-order valence-corrected chi connectivity index (χ1v) is 9.01. The van der Waals surface area contributed by atoms with E-state index in [4.69, 9.17) is 0 Å². The summed E-state index contributed by atoms with van der Waals surface area (Å²) in [6.45, 7) is 9.36. The van der Waals surface area contributed by atoms with Crippen molar-refractivity contribution in [3.63, 3.8) is 0 Å². The van der Waals surface area contributed by atoms with Gasteiger partial charge in [0.05, 0.1) is 0 Å². The molecule has 0 fully saturated rings. The van der Waals surface area contributed by atoms with Crippen molar-refractivity contribution in [3.8, 4) is 0 Å². The molecule has 0 spiro atoms. The van der Waals surface area contributed by atoms with Crippen LogP contribution in [-0.2, 0) is 0 Å². The molecule has 19 heavy (non-hydrogen) atoms. The lowest BCUT2D eigenvalue weighted by atomic mass is 9.81. The highest BCUT2D eigenvalue weighted by molar-refractivity contribution is 7.19. The zero-order chi connectivity index (χ0) is 13.9. The van der Waals surface area contributed by atoms with E-state index in [-0.39, 0.29) is 12.4 Å². The van der Waals surface area contributed by atoms with Crippen molar-refractivity contribution in [1.29, 1.82) is 0 Å². The minimum atomic E-state index is 0. The van der Waals surface area contributed by atoms with Crippen LogP contribution in [-0.4, -0.2) is 5.16 Å². The minimum Gasteiger partial charge on any atom is -0.147 e. The van der Waals surface area contributed by atoms with Gasteiger partial charge in [-0.3, -0.25) is 0 Å². The third-order valence-electron chi connectivity index (χ3n) is 4.78. The van der Waals surface area contributed by atoms with Crippen LogP contribution in [0.15, 0.2) is 0 Å². The SMILES string of the molecule is CCCCCCCCCC(CC)C(P)(CC)CC.Cl. The predicted molar refractivity (Wildman–Crippen MR) is 96.7 cm³/mol. The smallest absolute Gasteiger partial charge is 0.0127 e. The van der Waals surface area contributed by atoms with E-state index in [1.807, 2.05) is 0 Å². The first-order chi connectivity index (χ1) is 8.64. The van der Waals surface area contributed by atoms with E-state index in [9.17, 15) is 0 Å². The molecular formula is C17H38ClP. The van der Waals surface area contributed by atoms with Gasteiger partial charge in [-0.25, -0.2) is 0 Å². The maximum atomic E-state index is 3.17. The zero-order valence-electron chi connectivity index (χ0n) is 13.8. The number of halogens is 1. The summed E-state index contributed by atoms with van der Waals surface area (Å²) in [5, 5.41) is 0.511. The van der Waals surface area contributed by atoms with Crippen LogP contribution < -0.4 is 0 Å². The average Bonchev–Trinajstić information content (AvgIpc) is 2.41. The molecule has 2 heteroatoms. The standard InChI is InChI=1S/C17H37P.ClH/c1-5-9-10-11-12-13-14-15-16(6-2)17(18,7-3)8-4;/h16H,5-15,18H2,1-4H3;1H. The molecule has 0 nitrogen and oxygen atoms in total. The Morgan fingerprint density at radius 1 is 0.789 bits per heavy atom. The lowest BCUT2D eigenvalue weighted by molar-refractivity contribution is 0.313. The normalized spacial score (nSPS) is 13.1. The van der Waals surface area contributed by atoms with Gasteiger partial charge in [-0.05, 0) is 30.3 Å². The Labute approximate surface area is 131 Å². The third-order valence-corrected chi connectivity index (χ3v) is 6.07. The van der Waals surface area contributed by atoms with Crippen LogP contribution in [0, 0.1) is 5.92 Å². The second kappa shape index (κ2) is 13.7. The van der Waals surface area contributed by atoms with E-state index in [2.05, 4.69) is 36.9 Å². The summed E-state index contributed by atoms with van der Waals surface area (Å²) < 4.78 is 0. The van der Waals surface area contributed by atoms with Gasteiger partial charge < -0.3 is 0 Å². The van der Waals surface area contributed by atoms with E-state index in [1.54, 1.807) is 0 Å². The first kappa shape index (κ1) is 22.0. The molecule has 0 aromatic heterocycles. The van der Waals surface area contributed by atoms with E-state index in [1.165, 1.54) is 70.6 Å². The molecule has 0 aromatic rings. The predicted octanol–water partition coefficient (Wildman–Crippen LogP) is 7.01. The van der Waals surface area contributed by atoms with Crippen LogP contribution in [0.5, 0.6) is 0 Å². The van der Waals surface area contributed by atoms with Gasteiger partial charge in [0, 0.05) is 0 Å². The number of rotatable bonds is 12. The van der Waals surface area contributed by atoms with Gasteiger partial charge in [0.1, 0.15) is 0 Å². The van der Waals surface area contributed by atoms with Crippen molar-refractivity contribution >= 4 is 21.6 Å². The van der Waals surface area contributed by atoms with E-state index in [0.717, 1.165) is 5.92 Å². The highest BCUT2D eigenvalue weighted by atomic mass is 35.5. The minimum absolute atomic E-state index is 0. The van der Waals surface area contributed by atoms with Crippen molar-refractivity contribution in [2.45, 2.75) is 103 Å². The van der Waals surface area contributed by atoms with Crippen molar-refractivity contribution < 1.29 is 0 Å². The largest absolute Gasteiger partial charge is 0.147 e. The summed E-state index contributed by atoms with van der Waals surface area (Å²) in [6, 6.07) is 0. The van der Waals surface area contributed by atoms with Crippen LogP contribution >= 0.6 is 21.6 Å². The molecule has 0 N–H and O–H groups in total. The number of unbranched alkanes of at least 4 members (excludes halogenated alkanes) is 6. The van der Waals surface area contributed by atoms with Gasteiger partial charge in [-0.2, -0.15) is 0 Å². The van der Waals surface area contributed by atoms with E-state index >= 15 is 0 Å². The van der Waals surface area contributed by atoms with Gasteiger partial charge in [-0.1, -0.05) is 79.1 Å². The summed E-state index contributed by atoms with van der Waals surface area (Å²) in [4.78, 5) is 0. The van der Waals surface area contributed by atoms with Crippen molar-refractivity contribution in [2.24, 2.45) is 5.92 Å². The fourth-order valence-electron chi connectivity index (χ4n) is 3.07. The quantitative estimate of drug-likeness (QED) is 0.269. The Hall–Kier alpha value is 0.720. The topological polar surface area (TPSA) is 0 Å². The molecule has 0 aliphatic rings. The summed E-state index contributed by atoms with van der Waals surface area (Å²) >= 11 is 0. The molecule has 2 unspecified atom stereocenters. The molecule has 0 aliphatic heterocycles. The van der Waals surface area contributed by atoms with Gasteiger partial charge in [0.25, 0.3) is 0 Å². The lowest BCUT2D eigenvalue weighted by Crippen LogP contribution is -2.29. The Kier molecular flexibility index (Phi) is 15.9. The number of hydrogen-bond acceptors (Lipinski definition) is 0. The molecule has 0 radical (unpaired) electrons. The molecule has 0 saturated carbocycles. The highest BCUT2D eigenvalue weighted by Gasteiger charge is 2.28. The Bertz CT molecular complexity index is 178. The van der Waals surface area contributed by atoms with Crippen LogP contribution in [0.3, 0.4) is 0 Å². The van der Waals surface area contributed by atoms with Crippen LogP contribution in [0.4, 0.5) is 0 Å². The van der Waals surface area contributed by atoms with Gasteiger partial charge >= 0.3 is 0 Å². The average molecular weight is 309 g/mol. The molecule has 0 amide bonds. The molecule has 0 bridgehead atoms. The third kappa shape index (κ3) is 9.30. The Morgan fingerprint density at radius 2 is 1.26 bits per heavy atom. The fraction of sp³-hybridized carbons (Fsp3) is 1.00. The summed E-state index contributed by atoms with van der Waals surface area (Å²) in [5.74, 6) is 0.910. The summed E-state index contributed by atoms with van der Waals surface area (Å²) in [6.07, 6.45) is 15.5. The van der Waals surface area contributed by atoms with E-state index in [0.29, 0.717) is 5.16 Å². The van der Waals surface area contributed by atoms with Crippen molar-refractivity contribution in [3.05, 3.63) is 0 Å². The second-order valence-electron chi connectivity index (χ2n) is 5.96. The molecular weight excluding hydrogens is 271 g/mol. The van der Waals surface area contributed by atoms with Crippen LogP contribution in [0.2, 0.25) is 0 Å². The highest BCUT2D eigenvalue weighted by Crippen LogP contribution is 2.39. The molecule has 118 valence electrons. The van der Waals surface area contributed by atoms with Crippen molar-refractivity contribution in [2.75, 3.05) is 0 Å². The molecule has 0 aliphatic carbocycles. The molecule has 0 saturated heterocycles. The van der Waals surface area contributed by atoms with E-state index < -0.39 is 0 Å². The van der Waals surface area contributed by atoms with Gasteiger partial charge in [0.15, 0.2) is 0 Å². The number of hydrogen-bond donors (Lipinski definition) is 0. The first-order valence-electron chi connectivity index (χ1n) is 8.43. The Morgan fingerprint density at radius 3 is 1.68 bits per heavy atom. The summed E-state index contributed by atoms with van der Waals surface area (Å²) in [7, 11) is 3.17. The maximum absolute atomic E-state index is 3.17. The van der Waals surface area contributed by atoms with Crippen LogP contribution in [0.1, 0.15) is 98.3 Å². The monoisotopic (exact) mass is 308 g/mol. The van der Waals surface area contributed by atoms with Crippen molar-refractivity contribution in [1.82, 2.24) is 0 Å². The zero-order valence-corrected chi connectivity index (χ0v) is 15.8.